The quantitative estimate of drug-likeness (QED) is 0.323. The van der Waals surface area contributed by atoms with Crippen molar-refractivity contribution in [3.63, 3.8) is 0 Å². The molecule has 2 heteroatoms. The molecule has 0 aromatic heterocycles. The van der Waals surface area contributed by atoms with Crippen molar-refractivity contribution in [2.75, 3.05) is 12.0 Å². The zero-order chi connectivity index (χ0) is 6.24. The van der Waals surface area contributed by atoms with Crippen molar-refractivity contribution in [1.82, 2.24) is 0 Å². The van der Waals surface area contributed by atoms with E-state index in [-0.39, 0.29) is 0 Å². The second-order valence-electron chi connectivity index (χ2n) is 1.89. The highest BCUT2D eigenvalue weighted by Gasteiger charge is 1.84. The Morgan fingerprint density at radius 3 is 2.12 bits per heavy atom. The molecule has 0 amide bonds. The maximum Gasteiger partial charge on any atom is 0.0223 e. The summed E-state index contributed by atoms with van der Waals surface area (Å²) in [7, 11) is 2.73. The van der Waals surface area contributed by atoms with E-state index < -0.39 is 0 Å². The van der Waals surface area contributed by atoms with E-state index >= 15 is 0 Å². The molecule has 0 fully saturated rings. The lowest BCUT2D eigenvalue weighted by Gasteiger charge is -1.92. The predicted octanol–water partition coefficient (Wildman–Crippen LogP) is 2.66. The molecule has 8 heavy (non-hydrogen) atoms. The summed E-state index contributed by atoms with van der Waals surface area (Å²) < 4.78 is 0. The fraction of sp³-hybridized carbons (Fsp3) is 1.00. The van der Waals surface area contributed by atoms with E-state index in [0.717, 1.165) is 5.88 Å². The minimum Gasteiger partial charge on any atom is -0.138 e. The first-order valence-corrected chi connectivity index (χ1v) is 4.53. The standard InChI is InChI=1S/C6H14ClP/c7-5-3-1-2-4-6-8/h1-6,8H2. The van der Waals surface area contributed by atoms with E-state index in [1.807, 2.05) is 0 Å². The lowest BCUT2D eigenvalue weighted by Crippen LogP contribution is -1.78. The van der Waals surface area contributed by atoms with Gasteiger partial charge in [-0.25, -0.2) is 0 Å². The van der Waals surface area contributed by atoms with Gasteiger partial charge in [0.1, 0.15) is 0 Å². The summed E-state index contributed by atoms with van der Waals surface area (Å²) in [5, 5.41) is 0. The van der Waals surface area contributed by atoms with E-state index in [4.69, 9.17) is 11.6 Å². The van der Waals surface area contributed by atoms with Crippen molar-refractivity contribution >= 4 is 20.8 Å². The molecule has 0 aromatic carbocycles. The van der Waals surface area contributed by atoms with Crippen LogP contribution in [-0.2, 0) is 0 Å². The Morgan fingerprint density at radius 1 is 1.00 bits per heavy atom. The number of rotatable bonds is 5. The van der Waals surface area contributed by atoms with Crippen molar-refractivity contribution in [2.45, 2.75) is 25.7 Å². The molecule has 0 radical (unpaired) electrons. The first-order chi connectivity index (χ1) is 3.91. The van der Waals surface area contributed by atoms with Crippen molar-refractivity contribution in [1.29, 1.82) is 0 Å². The highest BCUT2D eigenvalue weighted by Crippen LogP contribution is 2.02. The van der Waals surface area contributed by atoms with Gasteiger partial charge < -0.3 is 0 Å². The van der Waals surface area contributed by atoms with Crippen LogP contribution < -0.4 is 0 Å². The maximum absolute atomic E-state index is 5.48. The molecule has 1 atom stereocenters. The van der Waals surface area contributed by atoms with Crippen molar-refractivity contribution < 1.29 is 0 Å². The van der Waals surface area contributed by atoms with Gasteiger partial charge >= 0.3 is 0 Å². The van der Waals surface area contributed by atoms with E-state index in [9.17, 15) is 0 Å². The summed E-state index contributed by atoms with van der Waals surface area (Å²) in [5.74, 6) is 0.830. The Balaban J connectivity index is 2.53. The first-order valence-electron chi connectivity index (χ1n) is 3.18. The second kappa shape index (κ2) is 7.72. The molecule has 0 bridgehead atoms. The number of hydrogen-bond donors (Lipinski definition) is 0. The summed E-state index contributed by atoms with van der Waals surface area (Å²) in [6, 6.07) is 0. The molecule has 0 saturated heterocycles. The van der Waals surface area contributed by atoms with Crippen LogP contribution in [0, 0.1) is 0 Å². The van der Waals surface area contributed by atoms with Crippen LogP contribution in [0.15, 0.2) is 0 Å². The molecule has 0 aliphatic rings. The van der Waals surface area contributed by atoms with Crippen molar-refractivity contribution in [3.05, 3.63) is 0 Å². The van der Waals surface area contributed by atoms with Crippen LogP contribution >= 0.6 is 20.8 Å². The Bertz CT molecular complexity index is 33.5. The Morgan fingerprint density at radius 2 is 1.62 bits per heavy atom. The zero-order valence-corrected chi connectivity index (χ0v) is 7.11. The second-order valence-corrected chi connectivity index (χ2v) is 2.85. The van der Waals surface area contributed by atoms with Gasteiger partial charge in [-0.3, -0.25) is 0 Å². The molecule has 0 spiro atoms. The molecular formula is C6H14ClP. The van der Waals surface area contributed by atoms with Gasteiger partial charge in [-0.15, -0.1) is 20.8 Å². The van der Waals surface area contributed by atoms with E-state index in [1.54, 1.807) is 0 Å². The highest BCUT2D eigenvalue weighted by molar-refractivity contribution is 7.16. The SMILES string of the molecule is PCCCCCCCl. The minimum absolute atomic E-state index is 0.830. The van der Waals surface area contributed by atoms with Crippen molar-refractivity contribution in [3.8, 4) is 0 Å². The van der Waals surface area contributed by atoms with Gasteiger partial charge in [0.2, 0.25) is 0 Å². The predicted molar refractivity (Wildman–Crippen MR) is 43.8 cm³/mol. The van der Waals surface area contributed by atoms with Gasteiger partial charge in [0.15, 0.2) is 0 Å². The van der Waals surface area contributed by atoms with Gasteiger partial charge in [0, 0.05) is 5.88 Å². The van der Waals surface area contributed by atoms with E-state index in [2.05, 4.69) is 9.24 Å². The van der Waals surface area contributed by atoms with Crippen LogP contribution in [-0.4, -0.2) is 12.0 Å². The lowest BCUT2D eigenvalue weighted by atomic mass is 10.2. The van der Waals surface area contributed by atoms with Crippen LogP contribution in [0.25, 0.3) is 0 Å². The molecule has 0 aromatic rings. The van der Waals surface area contributed by atoms with Gasteiger partial charge in [-0.1, -0.05) is 12.8 Å². The van der Waals surface area contributed by atoms with Crippen molar-refractivity contribution in [2.24, 2.45) is 0 Å². The maximum atomic E-state index is 5.48. The molecule has 0 aliphatic carbocycles. The topological polar surface area (TPSA) is 0 Å². The monoisotopic (exact) mass is 152 g/mol. The third-order valence-corrected chi connectivity index (χ3v) is 1.76. The molecule has 0 rings (SSSR count). The third-order valence-electron chi connectivity index (χ3n) is 1.09. The van der Waals surface area contributed by atoms with E-state index in [0.29, 0.717) is 0 Å². The number of alkyl halides is 1. The lowest BCUT2D eigenvalue weighted by molar-refractivity contribution is 0.709. The summed E-state index contributed by atoms with van der Waals surface area (Å²) in [6.45, 7) is 0. The average molecular weight is 153 g/mol. The largest absolute Gasteiger partial charge is 0.138 e. The number of halogens is 1. The highest BCUT2D eigenvalue weighted by atomic mass is 35.5. The number of unbranched alkanes of at least 4 members (excludes halogenated alkanes) is 3. The fourth-order valence-corrected chi connectivity index (χ4v) is 1.07. The molecule has 50 valence electrons. The smallest absolute Gasteiger partial charge is 0.0223 e. The van der Waals surface area contributed by atoms with Gasteiger partial charge in [0.25, 0.3) is 0 Å². The Labute approximate surface area is 59.2 Å². The van der Waals surface area contributed by atoms with Crippen LogP contribution in [0.2, 0.25) is 0 Å². The molecule has 1 unspecified atom stereocenters. The molecule has 0 N–H and O–H groups in total. The fourth-order valence-electron chi connectivity index (χ4n) is 0.592. The molecule has 0 heterocycles. The zero-order valence-electron chi connectivity index (χ0n) is 5.20. The Kier molecular flexibility index (Phi) is 8.41. The molecule has 0 aliphatic heterocycles. The summed E-state index contributed by atoms with van der Waals surface area (Å²) in [5.41, 5.74) is 0. The molecule has 0 nitrogen and oxygen atoms in total. The molecular weight excluding hydrogens is 138 g/mol. The van der Waals surface area contributed by atoms with Crippen LogP contribution in [0.4, 0.5) is 0 Å². The molecule has 0 saturated carbocycles. The summed E-state index contributed by atoms with van der Waals surface area (Å²) >= 11 is 5.48. The van der Waals surface area contributed by atoms with E-state index in [1.165, 1.54) is 31.8 Å². The summed E-state index contributed by atoms with van der Waals surface area (Å²) in [4.78, 5) is 0. The number of hydrogen-bond acceptors (Lipinski definition) is 0. The van der Waals surface area contributed by atoms with Gasteiger partial charge in [-0.05, 0) is 19.0 Å². The van der Waals surface area contributed by atoms with Crippen LogP contribution in [0.5, 0.6) is 0 Å². The van der Waals surface area contributed by atoms with Crippen LogP contribution in [0.3, 0.4) is 0 Å². The normalized spacial score (nSPS) is 9.75. The average Bonchev–Trinajstić information content (AvgIpc) is 1.81. The van der Waals surface area contributed by atoms with Crippen LogP contribution in [0.1, 0.15) is 25.7 Å². The summed E-state index contributed by atoms with van der Waals surface area (Å²) in [6.07, 6.45) is 6.41. The third kappa shape index (κ3) is 6.72. The minimum atomic E-state index is 0.830. The van der Waals surface area contributed by atoms with Gasteiger partial charge in [0.05, 0.1) is 0 Å². The first kappa shape index (κ1) is 8.72. The Hall–Kier alpha value is 0.720. The van der Waals surface area contributed by atoms with Gasteiger partial charge in [-0.2, -0.15) is 0 Å².